The summed E-state index contributed by atoms with van der Waals surface area (Å²) in [5, 5.41) is 4.96. The predicted molar refractivity (Wildman–Crippen MR) is 255 cm³/mol. The molecule has 0 aliphatic carbocycles. The summed E-state index contributed by atoms with van der Waals surface area (Å²) in [6.07, 6.45) is 0. The molecule has 0 atom stereocenters. The van der Waals surface area contributed by atoms with Gasteiger partial charge in [0.25, 0.3) is 0 Å². The molecule has 0 saturated carbocycles. The van der Waals surface area contributed by atoms with Crippen LogP contribution in [0.15, 0.2) is 243 Å². The Labute approximate surface area is 350 Å². The van der Waals surface area contributed by atoms with Gasteiger partial charge in [0.05, 0.1) is 11.0 Å². The second kappa shape index (κ2) is 15.1. The van der Waals surface area contributed by atoms with E-state index >= 15 is 0 Å². The molecule has 0 spiro atoms. The van der Waals surface area contributed by atoms with E-state index in [1.165, 1.54) is 71.5 Å². The minimum atomic E-state index is 1.09. The number of para-hydroxylation sites is 1. The monoisotopic (exact) mass is 764 g/mol. The van der Waals surface area contributed by atoms with Crippen molar-refractivity contribution in [2.45, 2.75) is 0 Å². The van der Waals surface area contributed by atoms with Crippen molar-refractivity contribution in [3.05, 3.63) is 243 Å². The van der Waals surface area contributed by atoms with Crippen molar-refractivity contribution in [2.24, 2.45) is 0 Å². The van der Waals surface area contributed by atoms with Crippen LogP contribution in [-0.2, 0) is 0 Å². The van der Waals surface area contributed by atoms with Crippen LogP contribution in [0.5, 0.6) is 0 Å². The third-order valence-corrected chi connectivity index (χ3v) is 11.8. The molecule has 1 heterocycles. The molecule has 10 aromatic carbocycles. The largest absolute Gasteiger partial charge is 0.310 e. The Morgan fingerprint density at radius 1 is 0.283 bits per heavy atom. The van der Waals surface area contributed by atoms with Crippen LogP contribution in [-0.4, -0.2) is 4.57 Å². The third kappa shape index (κ3) is 6.32. The van der Waals surface area contributed by atoms with Gasteiger partial charge in [0.15, 0.2) is 0 Å². The Bertz CT molecular complexity index is 3270. The summed E-state index contributed by atoms with van der Waals surface area (Å²) < 4.78 is 2.42. The zero-order chi connectivity index (χ0) is 39.8. The van der Waals surface area contributed by atoms with Gasteiger partial charge in [-0.05, 0) is 122 Å². The average molecular weight is 765 g/mol. The molecule has 0 unspecified atom stereocenters. The molecule has 2 heteroatoms. The quantitative estimate of drug-likeness (QED) is 0.150. The molecule has 2 nitrogen and oxygen atoms in total. The lowest BCUT2D eigenvalue weighted by Gasteiger charge is -2.26. The van der Waals surface area contributed by atoms with Crippen LogP contribution in [0.2, 0.25) is 0 Å². The fraction of sp³-hybridized carbons (Fsp3) is 0. The van der Waals surface area contributed by atoms with Gasteiger partial charge in [-0.3, -0.25) is 0 Å². The summed E-state index contributed by atoms with van der Waals surface area (Å²) in [7, 11) is 0. The molecular weight excluding hydrogens is 725 g/mol. The first-order chi connectivity index (χ1) is 29.8. The number of anilines is 3. The highest BCUT2D eigenvalue weighted by Crippen LogP contribution is 2.43. The third-order valence-electron chi connectivity index (χ3n) is 11.8. The van der Waals surface area contributed by atoms with Gasteiger partial charge in [-0.15, -0.1) is 0 Å². The van der Waals surface area contributed by atoms with Gasteiger partial charge in [0.1, 0.15) is 0 Å². The van der Waals surface area contributed by atoms with Gasteiger partial charge in [-0.2, -0.15) is 0 Å². The van der Waals surface area contributed by atoms with Crippen molar-refractivity contribution in [3.8, 4) is 50.2 Å². The van der Waals surface area contributed by atoms with Crippen LogP contribution in [0, 0.1) is 0 Å². The van der Waals surface area contributed by atoms with E-state index in [1.54, 1.807) is 0 Å². The Morgan fingerprint density at radius 3 is 1.43 bits per heavy atom. The van der Waals surface area contributed by atoms with Crippen molar-refractivity contribution >= 4 is 49.6 Å². The Kier molecular flexibility index (Phi) is 8.87. The Morgan fingerprint density at radius 2 is 0.767 bits per heavy atom. The molecule has 1 aromatic heterocycles. The minimum Gasteiger partial charge on any atom is -0.310 e. The molecule has 0 N–H and O–H groups in total. The van der Waals surface area contributed by atoms with Crippen LogP contribution >= 0.6 is 0 Å². The fourth-order valence-corrected chi connectivity index (χ4v) is 8.94. The second-order valence-electron chi connectivity index (χ2n) is 15.3. The van der Waals surface area contributed by atoms with E-state index in [4.69, 9.17) is 0 Å². The van der Waals surface area contributed by atoms with Crippen molar-refractivity contribution in [1.82, 2.24) is 4.57 Å². The predicted octanol–water partition coefficient (Wildman–Crippen LogP) is 16.1. The van der Waals surface area contributed by atoms with E-state index in [-0.39, 0.29) is 0 Å². The number of benzene rings is 10. The highest BCUT2D eigenvalue weighted by Gasteiger charge is 2.19. The van der Waals surface area contributed by atoms with E-state index in [2.05, 4.69) is 252 Å². The lowest BCUT2D eigenvalue weighted by atomic mass is 9.94. The Hall–Kier alpha value is -7.94. The van der Waals surface area contributed by atoms with Crippen molar-refractivity contribution in [3.63, 3.8) is 0 Å². The van der Waals surface area contributed by atoms with E-state index in [0.717, 1.165) is 28.3 Å². The van der Waals surface area contributed by atoms with Crippen LogP contribution < -0.4 is 4.90 Å². The maximum absolute atomic E-state index is 2.42. The topological polar surface area (TPSA) is 8.17 Å². The molecule has 0 aliphatic rings. The molecule has 11 rings (SSSR count). The summed E-state index contributed by atoms with van der Waals surface area (Å²) in [5.74, 6) is 0. The maximum atomic E-state index is 2.42. The number of nitrogens with zero attached hydrogens (tertiary/aromatic N) is 2. The van der Waals surface area contributed by atoms with E-state index in [0.29, 0.717) is 0 Å². The molecule has 0 radical (unpaired) electrons. The fourth-order valence-electron chi connectivity index (χ4n) is 8.94. The van der Waals surface area contributed by atoms with Gasteiger partial charge >= 0.3 is 0 Å². The van der Waals surface area contributed by atoms with Crippen molar-refractivity contribution in [2.75, 3.05) is 4.90 Å². The van der Waals surface area contributed by atoms with Gasteiger partial charge < -0.3 is 9.47 Å². The Balaban J connectivity index is 1.07. The van der Waals surface area contributed by atoms with Crippen molar-refractivity contribution < 1.29 is 0 Å². The SMILES string of the molecule is c1ccc(-c2ccc(N(c3ccc(-c4ccccc4-c4ccccc4)cc3)c3cccc(-c4cccc5c4c4cc6ccccc6cc4n5-c4ccccc4)c3)cc2)cc1. The summed E-state index contributed by atoms with van der Waals surface area (Å²) in [6.45, 7) is 0. The van der Waals surface area contributed by atoms with E-state index in [9.17, 15) is 0 Å². The highest BCUT2D eigenvalue weighted by molar-refractivity contribution is 6.18. The zero-order valence-corrected chi connectivity index (χ0v) is 33.0. The summed E-state index contributed by atoms with van der Waals surface area (Å²) in [5.41, 5.74) is 16.4. The molecule has 11 aromatic rings. The lowest BCUT2D eigenvalue weighted by Crippen LogP contribution is -2.10. The lowest BCUT2D eigenvalue weighted by molar-refractivity contribution is 1.18. The van der Waals surface area contributed by atoms with Gasteiger partial charge in [-0.25, -0.2) is 0 Å². The van der Waals surface area contributed by atoms with Crippen LogP contribution in [0.25, 0.3) is 82.8 Å². The standard InChI is InChI=1S/C58H40N2/c1-4-16-41(17-5-1)42-30-34-49(35-31-42)59(50-36-32-44(33-37-50)53-27-13-12-26-52(53)43-18-6-2-7-19-43)51-25-14-22-47(38-51)54-28-15-29-56-58(54)55-39-45-20-10-11-21-46(45)40-57(55)60(56)48-23-8-3-9-24-48/h1-40H. The van der Waals surface area contributed by atoms with Gasteiger partial charge in [-0.1, -0.05) is 176 Å². The summed E-state index contributed by atoms with van der Waals surface area (Å²) >= 11 is 0. The van der Waals surface area contributed by atoms with Crippen LogP contribution in [0.3, 0.4) is 0 Å². The normalized spacial score (nSPS) is 11.3. The minimum absolute atomic E-state index is 1.09. The number of rotatable bonds is 8. The molecule has 0 amide bonds. The molecule has 0 fully saturated rings. The zero-order valence-electron chi connectivity index (χ0n) is 33.0. The first kappa shape index (κ1) is 35.2. The molecule has 0 aliphatic heterocycles. The first-order valence-electron chi connectivity index (χ1n) is 20.6. The van der Waals surface area contributed by atoms with Crippen LogP contribution in [0.4, 0.5) is 17.1 Å². The number of hydrogen-bond acceptors (Lipinski definition) is 1. The number of hydrogen-bond donors (Lipinski definition) is 0. The number of aromatic nitrogens is 1. The summed E-state index contributed by atoms with van der Waals surface area (Å²) in [6, 6.07) is 87.8. The van der Waals surface area contributed by atoms with Crippen LogP contribution in [0.1, 0.15) is 0 Å². The molecule has 60 heavy (non-hydrogen) atoms. The molecular formula is C58H40N2. The molecule has 0 bridgehead atoms. The summed E-state index contributed by atoms with van der Waals surface area (Å²) in [4.78, 5) is 2.38. The maximum Gasteiger partial charge on any atom is 0.0547 e. The molecule has 282 valence electrons. The molecule has 0 saturated heterocycles. The highest BCUT2D eigenvalue weighted by atomic mass is 15.1. The average Bonchev–Trinajstić information content (AvgIpc) is 3.65. The smallest absolute Gasteiger partial charge is 0.0547 e. The number of fused-ring (bicyclic) bond motifs is 4. The van der Waals surface area contributed by atoms with Crippen molar-refractivity contribution in [1.29, 1.82) is 0 Å². The second-order valence-corrected chi connectivity index (χ2v) is 15.3. The van der Waals surface area contributed by atoms with E-state index < -0.39 is 0 Å². The van der Waals surface area contributed by atoms with Gasteiger partial charge in [0.2, 0.25) is 0 Å². The van der Waals surface area contributed by atoms with E-state index in [1.807, 2.05) is 0 Å². The first-order valence-corrected chi connectivity index (χ1v) is 20.6. The van der Waals surface area contributed by atoms with Gasteiger partial charge in [0, 0.05) is 33.5 Å².